The third kappa shape index (κ3) is 3.93. The molecule has 1 aromatic carbocycles. The van der Waals surface area contributed by atoms with E-state index < -0.39 is 18.0 Å². The van der Waals surface area contributed by atoms with Crippen LogP contribution in [-0.4, -0.2) is 44.2 Å². The van der Waals surface area contributed by atoms with Gasteiger partial charge in [0, 0.05) is 24.6 Å². The second kappa shape index (κ2) is 7.29. The van der Waals surface area contributed by atoms with E-state index in [1.54, 1.807) is 12.1 Å². The molecule has 134 valence electrons. The summed E-state index contributed by atoms with van der Waals surface area (Å²) >= 11 is 0. The van der Waals surface area contributed by atoms with Crippen molar-refractivity contribution in [2.75, 3.05) is 20.3 Å². The molecule has 3 N–H and O–H groups in total. The number of carbonyl (C=O) groups is 3. The molecule has 25 heavy (non-hydrogen) atoms. The number of hydrogen-bond acceptors (Lipinski definition) is 6. The number of fused-ring (bicyclic) bond motifs is 1. The van der Waals surface area contributed by atoms with Gasteiger partial charge in [0.25, 0.3) is 0 Å². The summed E-state index contributed by atoms with van der Waals surface area (Å²) in [5.74, 6) is 0.974. The lowest BCUT2D eigenvalue weighted by atomic mass is 10.1. The van der Waals surface area contributed by atoms with Gasteiger partial charge in [-0.15, -0.1) is 0 Å². The van der Waals surface area contributed by atoms with E-state index in [1.165, 1.54) is 7.11 Å². The smallest absolute Gasteiger partial charge is 0.322 e. The quantitative estimate of drug-likeness (QED) is 0.709. The van der Waals surface area contributed by atoms with Crippen molar-refractivity contribution in [3.8, 4) is 17.2 Å². The largest absolute Gasteiger partial charge is 0.496 e. The highest BCUT2D eigenvalue weighted by atomic mass is 16.6. The highest BCUT2D eigenvalue weighted by molar-refractivity contribution is 5.98. The van der Waals surface area contributed by atoms with Crippen LogP contribution >= 0.6 is 0 Å². The van der Waals surface area contributed by atoms with Crippen molar-refractivity contribution < 1.29 is 28.6 Å². The van der Waals surface area contributed by atoms with E-state index in [4.69, 9.17) is 14.2 Å². The Labute approximate surface area is 144 Å². The number of urea groups is 1. The maximum absolute atomic E-state index is 12.3. The number of ether oxygens (including phenoxy) is 3. The van der Waals surface area contributed by atoms with Gasteiger partial charge in [0.15, 0.2) is 11.5 Å². The summed E-state index contributed by atoms with van der Waals surface area (Å²) < 4.78 is 16.4. The van der Waals surface area contributed by atoms with Crippen molar-refractivity contribution in [1.29, 1.82) is 0 Å². The van der Waals surface area contributed by atoms with Gasteiger partial charge < -0.3 is 24.8 Å². The van der Waals surface area contributed by atoms with Crippen molar-refractivity contribution in [3.05, 3.63) is 17.7 Å². The zero-order chi connectivity index (χ0) is 17.8. The van der Waals surface area contributed by atoms with Gasteiger partial charge in [0.1, 0.15) is 25.0 Å². The van der Waals surface area contributed by atoms with Crippen LogP contribution in [0.4, 0.5) is 4.79 Å². The summed E-state index contributed by atoms with van der Waals surface area (Å²) in [7, 11) is 1.53. The Morgan fingerprint density at radius 1 is 1.28 bits per heavy atom. The Bertz CT molecular complexity index is 705. The number of methoxy groups -OCH3 is 1. The fourth-order valence-corrected chi connectivity index (χ4v) is 2.67. The maximum atomic E-state index is 12.3. The van der Waals surface area contributed by atoms with Crippen LogP contribution in [0, 0.1) is 0 Å². The molecule has 3 rings (SSSR count). The van der Waals surface area contributed by atoms with Gasteiger partial charge >= 0.3 is 6.03 Å². The van der Waals surface area contributed by atoms with Gasteiger partial charge in [-0.1, -0.05) is 0 Å². The zero-order valence-electron chi connectivity index (χ0n) is 13.7. The third-order valence-electron chi connectivity index (χ3n) is 3.93. The molecule has 0 spiro atoms. The van der Waals surface area contributed by atoms with Crippen LogP contribution in [0.25, 0.3) is 0 Å². The van der Waals surface area contributed by atoms with Gasteiger partial charge in [0.05, 0.1) is 7.11 Å². The van der Waals surface area contributed by atoms with E-state index in [1.807, 2.05) is 0 Å². The Hall–Kier alpha value is -2.97. The van der Waals surface area contributed by atoms with Crippen LogP contribution < -0.4 is 30.2 Å². The number of imide groups is 1. The normalized spacial score (nSPS) is 19.3. The summed E-state index contributed by atoms with van der Waals surface area (Å²) in [6.07, 6.45) is 0.339. The van der Waals surface area contributed by atoms with E-state index in [2.05, 4.69) is 16.0 Å². The number of hydrogen-bond donors (Lipinski definition) is 3. The average molecular weight is 349 g/mol. The third-order valence-corrected chi connectivity index (χ3v) is 3.93. The Balaban J connectivity index is 1.67. The molecule has 1 unspecified atom stereocenters. The first-order chi connectivity index (χ1) is 12.1. The molecule has 2 aliphatic rings. The fourth-order valence-electron chi connectivity index (χ4n) is 2.67. The van der Waals surface area contributed by atoms with E-state index in [9.17, 15) is 14.4 Å². The molecule has 1 fully saturated rings. The average Bonchev–Trinajstić information content (AvgIpc) is 2.78. The minimum Gasteiger partial charge on any atom is -0.496 e. The van der Waals surface area contributed by atoms with Crippen molar-refractivity contribution in [2.45, 2.75) is 25.4 Å². The topological polar surface area (TPSA) is 115 Å². The standard InChI is InChI=1S/C16H19N3O6/c1-23-11-7-13-12(24-4-5-25-13)6-9(11)8-17-15(21)10-2-3-14(20)19-16(22)18-10/h6-7,10H,2-5,8H2,1H3,(H,17,21)(H2,18,19,20,22). The van der Waals surface area contributed by atoms with Crippen molar-refractivity contribution in [1.82, 2.24) is 16.0 Å². The highest BCUT2D eigenvalue weighted by Crippen LogP contribution is 2.36. The molecule has 1 aromatic rings. The molecule has 0 aromatic heterocycles. The summed E-state index contributed by atoms with van der Waals surface area (Å²) in [6.45, 7) is 1.12. The van der Waals surface area contributed by atoms with E-state index in [0.29, 0.717) is 36.0 Å². The Morgan fingerprint density at radius 3 is 2.72 bits per heavy atom. The molecule has 0 radical (unpaired) electrons. The molecule has 0 saturated carbocycles. The molecule has 2 heterocycles. The van der Waals surface area contributed by atoms with Crippen molar-refractivity contribution in [3.63, 3.8) is 0 Å². The fraction of sp³-hybridized carbons (Fsp3) is 0.438. The monoisotopic (exact) mass is 349 g/mol. The van der Waals surface area contributed by atoms with Crippen LogP contribution in [0.5, 0.6) is 17.2 Å². The maximum Gasteiger partial charge on any atom is 0.322 e. The predicted octanol–water partition coefficient (Wildman–Crippen LogP) is 0.0708. The molecular formula is C16H19N3O6. The first-order valence-electron chi connectivity index (χ1n) is 7.91. The van der Waals surface area contributed by atoms with Crippen molar-refractivity contribution in [2.24, 2.45) is 0 Å². The molecule has 0 aliphatic carbocycles. The number of amides is 4. The number of benzene rings is 1. The van der Waals surface area contributed by atoms with Gasteiger partial charge in [-0.3, -0.25) is 14.9 Å². The van der Waals surface area contributed by atoms with Crippen LogP contribution in [0.3, 0.4) is 0 Å². The van der Waals surface area contributed by atoms with Gasteiger partial charge in [0.2, 0.25) is 11.8 Å². The van der Waals surface area contributed by atoms with E-state index in [-0.39, 0.29) is 25.3 Å². The lowest BCUT2D eigenvalue weighted by molar-refractivity contribution is -0.123. The first-order valence-corrected chi connectivity index (χ1v) is 7.91. The van der Waals surface area contributed by atoms with Crippen LogP contribution in [0.15, 0.2) is 12.1 Å². The summed E-state index contributed by atoms with van der Waals surface area (Å²) in [5, 5.41) is 7.34. The molecular weight excluding hydrogens is 330 g/mol. The number of carbonyl (C=O) groups excluding carboxylic acids is 3. The highest BCUT2D eigenvalue weighted by Gasteiger charge is 2.26. The van der Waals surface area contributed by atoms with Crippen LogP contribution in [0.1, 0.15) is 18.4 Å². The second-order valence-electron chi connectivity index (χ2n) is 5.64. The van der Waals surface area contributed by atoms with Crippen molar-refractivity contribution >= 4 is 17.8 Å². The second-order valence-corrected chi connectivity index (χ2v) is 5.64. The molecule has 1 atom stereocenters. The van der Waals surface area contributed by atoms with Gasteiger partial charge in [-0.25, -0.2) is 4.79 Å². The molecule has 1 saturated heterocycles. The molecule has 4 amide bonds. The lowest BCUT2D eigenvalue weighted by Gasteiger charge is -2.21. The van der Waals surface area contributed by atoms with Crippen LogP contribution in [-0.2, 0) is 16.1 Å². The summed E-state index contributed by atoms with van der Waals surface area (Å²) in [5.41, 5.74) is 0.717. The number of nitrogens with one attached hydrogen (secondary N) is 3. The zero-order valence-corrected chi connectivity index (χ0v) is 13.7. The Kier molecular flexibility index (Phi) is 4.92. The minimum atomic E-state index is -0.769. The lowest BCUT2D eigenvalue weighted by Crippen LogP contribution is -2.48. The van der Waals surface area contributed by atoms with Gasteiger partial charge in [-0.05, 0) is 12.5 Å². The SMILES string of the molecule is COc1cc2c(cc1CNC(=O)C1CCC(=O)NC(=O)N1)OCCO2. The number of rotatable bonds is 4. The molecule has 9 heteroatoms. The van der Waals surface area contributed by atoms with E-state index >= 15 is 0 Å². The Morgan fingerprint density at radius 2 is 2.00 bits per heavy atom. The van der Waals surface area contributed by atoms with E-state index in [0.717, 1.165) is 0 Å². The van der Waals surface area contributed by atoms with Gasteiger partial charge in [-0.2, -0.15) is 0 Å². The minimum absolute atomic E-state index is 0.101. The summed E-state index contributed by atoms with van der Waals surface area (Å²) in [6, 6.07) is 2.03. The summed E-state index contributed by atoms with van der Waals surface area (Å²) in [4.78, 5) is 35.1. The van der Waals surface area contributed by atoms with Crippen LogP contribution in [0.2, 0.25) is 0 Å². The molecule has 2 aliphatic heterocycles. The molecule has 0 bridgehead atoms. The first kappa shape index (κ1) is 16.9. The predicted molar refractivity (Wildman–Crippen MR) is 85.5 cm³/mol. The molecule has 9 nitrogen and oxygen atoms in total.